The van der Waals surface area contributed by atoms with Crippen LogP contribution in [-0.4, -0.2) is 59.3 Å². The van der Waals surface area contributed by atoms with Crippen LogP contribution in [0.4, 0.5) is 0 Å². The average molecular weight is 548 g/mol. The Morgan fingerprint density at radius 1 is 1.05 bits per heavy atom. The molecule has 7 nitrogen and oxygen atoms in total. The van der Waals surface area contributed by atoms with Crippen LogP contribution in [0.3, 0.4) is 0 Å². The predicted octanol–water partition coefficient (Wildman–Crippen LogP) is 4.83. The van der Waals surface area contributed by atoms with E-state index in [1.807, 2.05) is 24.3 Å². The fraction of sp³-hybridized carbons (Fsp3) is 0.452. The van der Waals surface area contributed by atoms with Crippen LogP contribution in [-0.2, 0) is 16.1 Å². The van der Waals surface area contributed by atoms with Gasteiger partial charge in [0.15, 0.2) is 0 Å². The molecule has 3 heterocycles. The Kier molecular flexibility index (Phi) is 6.76. The first-order chi connectivity index (χ1) is 18.6. The second kappa shape index (κ2) is 10.1. The van der Waals surface area contributed by atoms with Crippen molar-refractivity contribution < 1.29 is 19.1 Å². The van der Waals surface area contributed by atoms with Gasteiger partial charge in [0.25, 0.3) is 5.91 Å². The molecule has 0 radical (unpaired) electrons. The van der Waals surface area contributed by atoms with E-state index in [2.05, 4.69) is 36.2 Å². The average Bonchev–Trinajstić information content (AvgIpc) is 3.19. The first kappa shape index (κ1) is 26.1. The van der Waals surface area contributed by atoms with Crippen molar-refractivity contribution in [1.29, 1.82) is 0 Å². The number of ether oxygens (including phenoxy) is 1. The summed E-state index contributed by atoms with van der Waals surface area (Å²) in [5, 5.41) is 3.11. The number of piperidine rings is 1. The minimum atomic E-state index is -0.607. The van der Waals surface area contributed by atoms with Gasteiger partial charge in [-0.25, -0.2) is 0 Å². The maximum absolute atomic E-state index is 12.9. The summed E-state index contributed by atoms with van der Waals surface area (Å²) < 4.78 is 6.28. The lowest BCUT2D eigenvalue weighted by Gasteiger charge is -2.42. The van der Waals surface area contributed by atoms with Crippen LogP contribution in [0.15, 0.2) is 48.0 Å². The Morgan fingerprint density at radius 2 is 1.82 bits per heavy atom. The quantitative estimate of drug-likeness (QED) is 0.524. The predicted molar refractivity (Wildman–Crippen MR) is 149 cm³/mol. The summed E-state index contributed by atoms with van der Waals surface area (Å²) >= 11 is 6.15. The summed E-state index contributed by atoms with van der Waals surface area (Å²) in [6, 6.07) is 13.2. The van der Waals surface area contributed by atoms with Crippen molar-refractivity contribution in [3.05, 3.63) is 69.8 Å². The van der Waals surface area contributed by atoms with Crippen molar-refractivity contribution in [3.8, 4) is 5.75 Å². The molecule has 0 bridgehead atoms. The van der Waals surface area contributed by atoms with Crippen LogP contribution in [0, 0.1) is 5.41 Å². The molecule has 1 unspecified atom stereocenters. The van der Waals surface area contributed by atoms with Gasteiger partial charge in [0, 0.05) is 43.2 Å². The lowest BCUT2D eigenvalue weighted by atomic mass is 9.72. The highest BCUT2D eigenvalue weighted by Crippen LogP contribution is 2.43. The van der Waals surface area contributed by atoms with Crippen molar-refractivity contribution in [3.63, 3.8) is 0 Å². The standard InChI is InChI=1S/C31H34ClN3O4/c1-31(2)12-11-20(26(14-31)19-3-5-22(32)6-4-19)15-34-17-24(18-34)39-23-7-8-25-21(13-23)16-35(30(25)38)27-9-10-28(36)33-29(27)37/h3-8,13,24,27H,9-12,14-18H2,1-2H3,(H,33,36,37). The lowest BCUT2D eigenvalue weighted by molar-refractivity contribution is -0.136. The first-order valence-corrected chi connectivity index (χ1v) is 14.2. The van der Waals surface area contributed by atoms with Crippen molar-refractivity contribution in [2.75, 3.05) is 19.6 Å². The topological polar surface area (TPSA) is 79.0 Å². The van der Waals surface area contributed by atoms with Gasteiger partial charge in [-0.1, -0.05) is 43.2 Å². The molecule has 1 N–H and O–H groups in total. The smallest absolute Gasteiger partial charge is 0.255 e. The SMILES string of the molecule is CC1(C)CCC(CN2CC(Oc3ccc4c(c3)CN(C3CCC(=O)NC3=O)C4=O)C2)=C(c2ccc(Cl)cc2)C1. The number of hydrogen-bond acceptors (Lipinski definition) is 5. The molecular weight excluding hydrogens is 514 g/mol. The first-order valence-electron chi connectivity index (χ1n) is 13.8. The minimum absolute atomic E-state index is 0.103. The third kappa shape index (κ3) is 5.35. The normalized spacial score (nSPS) is 23.5. The van der Waals surface area contributed by atoms with E-state index in [0.717, 1.165) is 48.8 Å². The third-order valence-corrected chi connectivity index (χ3v) is 8.77. The zero-order valence-corrected chi connectivity index (χ0v) is 23.2. The number of hydrogen-bond donors (Lipinski definition) is 1. The van der Waals surface area contributed by atoms with Crippen molar-refractivity contribution >= 4 is 34.9 Å². The van der Waals surface area contributed by atoms with E-state index in [-0.39, 0.29) is 24.3 Å². The Morgan fingerprint density at radius 3 is 2.56 bits per heavy atom. The number of likely N-dealkylation sites (tertiary alicyclic amines) is 1. The van der Waals surface area contributed by atoms with E-state index in [0.29, 0.717) is 23.9 Å². The van der Waals surface area contributed by atoms with Gasteiger partial charge < -0.3 is 9.64 Å². The second-order valence-electron chi connectivity index (χ2n) is 12.1. The molecular formula is C31H34ClN3O4. The molecule has 2 aromatic carbocycles. The van der Waals surface area contributed by atoms with Crippen LogP contribution in [0.25, 0.3) is 5.57 Å². The number of rotatable bonds is 6. The van der Waals surface area contributed by atoms with Gasteiger partial charge >= 0.3 is 0 Å². The number of amides is 3. The number of carbonyl (C=O) groups excluding carboxylic acids is 3. The van der Waals surface area contributed by atoms with E-state index in [9.17, 15) is 14.4 Å². The molecule has 1 aliphatic carbocycles. The van der Waals surface area contributed by atoms with Crippen LogP contribution in [0.2, 0.25) is 5.02 Å². The van der Waals surface area contributed by atoms with E-state index in [1.165, 1.54) is 23.1 Å². The van der Waals surface area contributed by atoms with Gasteiger partial charge in [0.05, 0.1) is 0 Å². The highest BCUT2D eigenvalue weighted by atomic mass is 35.5. The second-order valence-corrected chi connectivity index (χ2v) is 12.5. The molecule has 0 saturated carbocycles. The molecule has 1 atom stereocenters. The monoisotopic (exact) mass is 547 g/mol. The third-order valence-electron chi connectivity index (χ3n) is 8.51. The van der Waals surface area contributed by atoms with Crippen LogP contribution >= 0.6 is 11.6 Å². The van der Waals surface area contributed by atoms with Gasteiger partial charge in [0.2, 0.25) is 11.8 Å². The van der Waals surface area contributed by atoms with Gasteiger partial charge in [0.1, 0.15) is 17.9 Å². The summed E-state index contributed by atoms with van der Waals surface area (Å²) in [7, 11) is 0. The molecule has 8 heteroatoms. The van der Waals surface area contributed by atoms with Crippen molar-refractivity contribution in [1.82, 2.24) is 15.1 Å². The molecule has 204 valence electrons. The zero-order valence-electron chi connectivity index (χ0n) is 22.5. The summed E-state index contributed by atoms with van der Waals surface area (Å²) in [4.78, 5) is 40.8. The minimum Gasteiger partial charge on any atom is -0.488 e. The molecule has 3 aliphatic heterocycles. The highest BCUT2D eigenvalue weighted by molar-refractivity contribution is 6.30. The van der Waals surface area contributed by atoms with Crippen LogP contribution in [0.5, 0.6) is 5.75 Å². The van der Waals surface area contributed by atoms with E-state index >= 15 is 0 Å². The van der Waals surface area contributed by atoms with E-state index in [1.54, 1.807) is 11.0 Å². The summed E-state index contributed by atoms with van der Waals surface area (Å²) in [6.07, 6.45) is 4.08. The molecule has 6 rings (SSSR count). The number of halogens is 1. The molecule has 4 aliphatic rings. The molecule has 3 amide bonds. The Labute approximate surface area is 234 Å². The number of nitrogens with one attached hydrogen (secondary N) is 1. The van der Waals surface area contributed by atoms with E-state index < -0.39 is 11.9 Å². The Bertz CT molecular complexity index is 1360. The van der Waals surface area contributed by atoms with Crippen molar-refractivity contribution in [2.24, 2.45) is 5.41 Å². The van der Waals surface area contributed by atoms with Gasteiger partial charge in [-0.3, -0.25) is 24.6 Å². The molecule has 2 saturated heterocycles. The highest BCUT2D eigenvalue weighted by Gasteiger charge is 2.39. The van der Waals surface area contributed by atoms with E-state index in [4.69, 9.17) is 16.3 Å². The largest absolute Gasteiger partial charge is 0.488 e. The lowest BCUT2D eigenvalue weighted by Crippen LogP contribution is -2.54. The van der Waals surface area contributed by atoms with Gasteiger partial charge in [-0.05, 0) is 78.1 Å². The summed E-state index contributed by atoms with van der Waals surface area (Å²) in [5.41, 5.74) is 6.00. The Balaban J connectivity index is 1.08. The molecule has 0 spiro atoms. The molecule has 2 aromatic rings. The maximum Gasteiger partial charge on any atom is 0.255 e. The van der Waals surface area contributed by atoms with Crippen LogP contribution < -0.4 is 10.1 Å². The number of fused-ring (bicyclic) bond motifs is 1. The molecule has 0 aromatic heterocycles. The zero-order chi connectivity index (χ0) is 27.3. The van der Waals surface area contributed by atoms with Crippen LogP contribution in [0.1, 0.15) is 67.4 Å². The number of imide groups is 1. The number of carbonyl (C=O) groups is 3. The summed E-state index contributed by atoms with van der Waals surface area (Å²) in [6.45, 7) is 7.72. The Hall–Kier alpha value is -3.16. The summed E-state index contributed by atoms with van der Waals surface area (Å²) in [5.74, 6) is -0.0946. The number of benzene rings is 2. The fourth-order valence-electron chi connectivity index (χ4n) is 6.28. The fourth-order valence-corrected chi connectivity index (χ4v) is 6.40. The van der Waals surface area contributed by atoms with Gasteiger partial charge in [-0.2, -0.15) is 0 Å². The van der Waals surface area contributed by atoms with Crippen molar-refractivity contribution in [2.45, 2.75) is 64.6 Å². The number of allylic oxidation sites excluding steroid dienone is 1. The maximum atomic E-state index is 12.9. The van der Waals surface area contributed by atoms with Gasteiger partial charge in [-0.15, -0.1) is 0 Å². The number of nitrogens with zero attached hydrogens (tertiary/aromatic N) is 2. The molecule has 39 heavy (non-hydrogen) atoms. The molecule has 2 fully saturated rings.